The van der Waals surface area contributed by atoms with E-state index in [-0.39, 0.29) is 5.91 Å². The summed E-state index contributed by atoms with van der Waals surface area (Å²) < 4.78 is 10.2. The second-order valence-electron chi connectivity index (χ2n) is 5.41. The molecule has 24 heavy (non-hydrogen) atoms. The summed E-state index contributed by atoms with van der Waals surface area (Å²) in [6.45, 7) is 2.38. The smallest absolute Gasteiger partial charge is 0.323 e. The number of rotatable bonds is 4. The molecular weight excluding hydrogens is 312 g/mol. The Morgan fingerprint density at radius 1 is 1.38 bits per heavy atom. The van der Waals surface area contributed by atoms with E-state index in [4.69, 9.17) is 9.26 Å². The molecule has 2 aromatic rings. The summed E-state index contributed by atoms with van der Waals surface area (Å²) in [5.74, 6) is 1.13. The number of amides is 3. The number of benzene rings is 1. The van der Waals surface area contributed by atoms with Gasteiger partial charge in [-0.1, -0.05) is 5.16 Å². The molecule has 2 N–H and O–H groups in total. The molecule has 8 heteroatoms. The van der Waals surface area contributed by atoms with E-state index in [1.54, 1.807) is 30.0 Å². The minimum absolute atomic E-state index is 0.0784. The summed E-state index contributed by atoms with van der Waals surface area (Å²) in [5.41, 5.74) is 1.76. The molecule has 1 aliphatic rings. The van der Waals surface area contributed by atoms with E-state index < -0.39 is 6.03 Å². The average Bonchev–Trinajstić information content (AvgIpc) is 3.16. The summed E-state index contributed by atoms with van der Waals surface area (Å²) in [6, 6.07) is 4.75. The van der Waals surface area contributed by atoms with Gasteiger partial charge in [0.15, 0.2) is 5.76 Å². The Morgan fingerprint density at radius 3 is 2.83 bits per heavy atom. The van der Waals surface area contributed by atoms with Crippen LogP contribution in [0, 0.1) is 6.92 Å². The standard InChI is InChI=1S/C16H18N4O4/c1-10-12(9-17-24-10)19-16(22)18-11-5-6-13(14(8-11)23-2)20-7-3-4-15(20)21/h5-6,8-9H,3-4,7H2,1-2H3,(H2,18,19,22). The molecule has 0 bridgehead atoms. The van der Waals surface area contributed by atoms with Gasteiger partial charge < -0.3 is 24.8 Å². The molecule has 126 valence electrons. The Hall–Kier alpha value is -3.03. The Balaban J connectivity index is 1.73. The molecule has 0 unspecified atom stereocenters. The number of aromatic nitrogens is 1. The highest BCUT2D eigenvalue weighted by Crippen LogP contribution is 2.33. The summed E-state index contributed by atoms with van der Waals surface area (Å²) in [5, 5.41) is 8.95. The number of hydrogen-bond acceptors (Lipinski definition) is 5. The summed E-state index contributed by atoms with van der Waals surface area (Å²) in [7, 11) is 1.53. The lowest BCUT2D eigenvalue weighted by Gasteiger charge is -2.19. The fourth-order valence-corrected chi connectivity index (χ4v) is 2.58. The van der Waals surface area contributed by atoms with Gasteiger partial charge >= 0.3 is 6.03 Å². The maximum absolute atomic E-state index is 12.0. The van der Waals surface area contributed by atoms with Gasteiger partial charge in [0.1, 0.15) is 11.4 Å². The maximum atomic E-state index is 12.0. The zero-order chi connectivity index (χ0) is 17.1. The third-order valence-corrected chi connectivity index (χ3v) is 3.80. The lowest BCUT2D eigenvalue weighted by atomic mass is 10.2. The van der Waals surface area contributed by atoms with Crippen LogP contribution in [0.25, 0.3) is 0 Å². The largest absolute Gasteiger partial charge is 0.494 e. The highest BCUT2D eigenvalue weighted by atomic mass is 16.5. The molecule has 3 amide bonds. The third-order valence-electron chi connectivity index (χ3n) is 3.80. The van der Waals surface area contributed by atoms with Crippen molar-refractivity contribution in [3.05, 3.63) is 30.2 Å². The molecule has 0 atom stereocenters. The van der Waals surface area contributed by atoms with E-state index in [0.29, 0.717) is 41.5 Å². The number of anilines is 3. The molecule has 1 aromatic carbocycles. The number of aryl methyl sites for hydroxylation is 1. The van der Waals surface area contributed by atoms with Crippen molar-refractivity contribution in [3.8, 4) is 5.75 Å². The Kier molecular flexibility index (Phi) is 4.37. The Morgan fingerprint density at radius 2 is 2.21 bits per heavy atom. The predicted molar refractivity (Wildman–Crippen MR) is 88.5 cm³/mol. The van der Waals surface area contributed by atoms with E-state index in [0.717, 1.165) is 6.42 Å². The summed E-state index contributed by atoms with van der Waals surface area (Å²) in [4.78, 5) is 25.6. The van der Waals surface area contributed by atoms with Crippen molar-refractivity contribution in [2.24, 2.45) is 0 Å². The topological polar surface area (TPSA) is 96.7 Å². The zero-order valence-corrected chi connectivity index (χ0v) is 13.5. The van der Waals surface area contributed by atoms with Crippen LogP contribution in [0.1, 0.15) is 18.6 Å². The fraction of sp³-hybridized carbons (Fsp3) is 0.312. The van der Waals surface area contributed by atoms with Crippen molar-refractivity contribution >= 4 is 29.0 Å². The summed E-state index contributed by atoms with van der Waals surface area (Å²) >= 11 is 0. The number of carbonyl (C=O) groups is 2. The van der Waals surface area contributed by atoms with Crippen LogP contribution in [0.5, 0.6) is 5.75 Å². The van der Waals surface area contributed by atoms with E-state index >= 15 is 0 Å². The molecule has 0 spiro atoms. The third kappa shape index (κ3) is 3.17. The first kappa shape index (κ1) is 15.9. The fourth-order valence-electron chi connectivity index (χ4n) is 2.58. The van der Waals surface area contributed by atoms with E-state index in [1.165, 1.54) is 13.3 Å². The van der Waals surface area contributed by atoms with Crippen LogP contribution in [-0.4, -0.2) is 30.7 Å². The lowest BCUT2D eigenvalue weighted by Crippen LogP contribution is -2.24. The normalized spacial score (nSPS) is 13.9. The van der Waals surface area contributed by atoms with Crippen molar-refractivity contribution in [1.29, 1.82) is 0 Å². The van der Waals surface area contributed by atoms with Gasteiger partial charge in [-0.25, -0.2) is 4.79 Å². The molecule has 1 aromatic heterocycles. The number of nitrogens with one attached hydrogen (secondary N) is 2. The number of methoxy groups -OCH3 is 1. The van der Waals surface area contributed by atoms with Crippen molar-refractivity contribution < 1.29 is 18.8 Å². The van der Waals surface area contributed by atoms with Crippen LogP contribution >= 0.6 is 0 Å². The van der Waals surface area contributed by atoms with Crippen molar-refractivity contribution in [3.63, 3.8) is 0 Å². The SMILES string of the molecule is COc1cc(NC(=O)Nc2cnoc2C)ccc1N1CCCC1=O. The van der Waals surface area contributed by atoms with E-state index in [9.17, 15) is 9.59 Å². The van der Waals surface area contributed by atoms with Gasteiger partial charge in [-0.15, -0.1) is 0 Å². The number of ether oxygens (including phenoxy) is 1. The molecule has 1 fully saturated rings. The lowest BCUT2D eigenvalue weighted by molar-refractivity contribution is -0.117. The molecule has 0 aliphatic carbocycles. The van der Waals surface area contributed by atoms with Crippen molar-refractivity contribution in [1.82, 2.24) is 5.16 Å². The number of carbonyl (C=O) groups excluding carboxylic acids is 2. The molecule has 1 saturated heterocycles. The molecule has 3 rings (SSSR count). The molecule has 0 saturated carbocycles. The minimum atomic E-state index is -0.423. The highest BCUT2D eigenvalue weighted by Gasteiger charge is 2.24. The first-order valence-corrected chi connectivity index (χ1v) is 7.56. The highest BCUT2D eigenvalue weighted by molar-refractivity contribution is 6.01. The van der Waals surface area contributed by atoms with E-state index in [2.05, 4.69) is 15.8 Å². The van der Waals surface area contributed by atoms with E-state index in [1.807, 2.05) is 0 Å². The van der Waals surface area contributed by atoms with Crippen LogP contribution in [0.4, 0.5) is 21.9 Å². The first-order chi connectivity index (χ1) is 11.6. The quantitative estimate of drug-likeness (QED) is 0.898. The molecule has 1 aliphatic heterocycles. The Labute approximate surface area is 138 Å². The number of nitrogens with zero attached hydrogens (tertiary/aromatic N) is 2. The Bertz CT molecular complexity index is 771. The van der Waals surface area contributed by atoms with Gasteiger partial charge in [0.05, 0.1) is 19.0 Å². The number of urea groups is 1. The van der Waals surface area contributed by atoms with Crippen LogP contribution < -0.4 is 20.3 Å². The van der Waals surface area contributed by atoms with Crippen molar-refractivity contribution in [2.75, 3.05) is 29.2 Å². The van der Waals surface area contributed by atoms with Crippen LogP contribution in [-0.2, 0) is 4.79 Å². The van der Waals surface area contributed by atoms with Crippen LogP contribution in [0.2, 0.25) is 0 Å². The van der Waals surface area contributed by atoms with Gasteiger partial charge in [0.25, 0.3) is 0 Å². The molecular formula is C16H18N4O4. The minimum Gasteiger partial charge on any atom is -0.494 e. The van der Waals surface area contributed by atoms with Gasteiger partial charge in [0.2, 0.25) is 5.91 Å². The molecule has 0 radical (unpaired) electrons. The monoisotopic (exact) mass is 330 g/mol. The van der Waals surface area contributed by atoms with Gasteiger partial charge in [0, 0.05) is 24.7 Å². The van der Waals surface area contributed by atoms with Gasteiger partial charge in [-0.3, -0.25) is 4.79 Å². The average molecular weight is 330 g/mol. The molecule has 8 nitrogen and oxygen atoms in total. The zero-order valence-electron chi connectivity index (χ0n) is 13.5. The predicted octanol–water partition coefficient (Wildman–Crippen LogP) is 2.76. The maximum Gasteiger partial charge on any atom is 0.323 e. The molecule has 2 heterocycles. The second kappa shape index (κ2) is 6.61. The van der Waals surface area contributed by atoms with Crippen molar-refractivity contribution in [2.45, 2.75) is 19.8 Å². The number of hydrogen-bond donors (Lipinski definition) is 2. The van der Waals surface area contributed by atoms with Crippen LogP contribution in [0.15, 0.2) is 28.9 Å². The van der Waals surface area contributed by atoms with Gasteiger partial charge in [-0.2, -0.15) is 0 Å². The summed E-state index contributed by atoms with van der Waals surface area (Å²) in [6.07, 6.45) is 2.81. The van der Waals surface area contributed by atoms with Gasteiger partial charge in [-0.05, 0) is 25.5 Å². The second-order valence-corrected chi connectivity index (χ2v) is 5.41. The first-order valence-electron chi connectivity index (χ1n) is 7.56. The van der Waals surface area contributed by atoms with Crippen LogP contribution in [0.3, 0.4) is 0 Å².